The van der Waals surface area contributed by atoms with Gasteiger partial charge in [0.2, 0.25) is 0 Å². The largest absolute Gasteiger partial charge is 0.504 e. The maximum Gasteiger partial charge on any atom is 0.157 e. The lowest BCUT2D eigenvalue weighted by atomic mass is 10.2. The zero-order valence-electron chi connectivity index (χ0n) is 10.6. The molecular formula is C13H22N2O2. The molecular weight excluding hydrogens is 216 g/mol. The van der Waals surface area contributed by atoms with Crippen molar-refractivity contribution < 1.29 is 10.2 Å². The van der Waals surface area contributed by atoms with E-state index >= 15 is 0 Å². The first kappa shape index (κ1) is 13.8. The van der Waals surface area contributed by atoms with Crippen LogP contribution in [0.4, 0.5) is 0 Å². The van der Waals surface area contributed by atoms with E-state index in [0.29, 0.717) is 6.54 Å². The Morgan fingerprint density at radius 2 is 1.82 bits per heavy atom. The molecule has 1 aromatic rings. The number of aromatic hydroxyl groups is 2. The second kappa shape index (κ2) is 7.14. The minimum absolute atomic E-state index is 0.0620. The molecule has 0 atom stereocenters. The van der Waals surface area contributed by atoms with Crippen molar-refractivity contribution in [2.75, 3.05) is 26.2 Å². The van der Waals surface area contributed by atoms with Crippen molar-refractivity contribution in [3.8, 4) is 11.5 Å². The van der Waals surface area contributed by atoms with Gasteiger partial charge in [-0.3, -0.25) is 0 Å². The molecule has 4 nitrogen and oxygen atoms in total. The number of phenolic OH excluding ortho intramolecular Hbond substituents is 2. The summed E-state index contributed by atoms with van der Waals surface area (Å²) in [5, 5.41) is 21.8. The second-order valence-corrected chi connectivity index (χ2v) is 4.03. The average Bonchev–Trinajstić information content (AvgIpc) is 2.34. The molecule has 0 saturated heterocycles. The molecule has 0 amide bonds. The fourth-order valence-corrected chi connectivity index (χ4v) is 1.69. The van der Waals surface area contributed by atoms with Gasteiger partial charge in [-0.15, -0.1) is 0 Å². The predicted molar refractivity (Wildman–Crippen MR) is 69.3 cm³/mol. The van der Waals surface area contributed by atoms with Crippen LogP contribution in [0, 0.1) is 0 Å². The van der Waals surface area contributed by atoms with Crippen molar-refractivity contribution in [3.05, 3.63) is 23.8 Å². The highest BCUT2D eigenvalue weighted by molar-refractivity contribution is 5.40. The molecule has 0 aliphatic heterocycles. The summed E-state index contributed by atoms with van der Waals surface area (Å²) in [6, 6.07) is 4.90. The average molecular weight is 238 g/mol. The van der Waals surface area contributed by atoms with Gasteiger partial charge in [0, 0.05) is 19.6 Å². The van der Waals surface area contributed by atoms with Crippen LogP contribution in [0.2, 0.25) is 0 Å². The molecule has 0 bridgehead atoms. The summed E-state index contributed by atoms with van der Waals surface area (Å²) >= 11 is 0. The van der Waals surface area contributed by atoms with Crippen LogP contribution in [0.5, 0.6) is 11.5 Å². The van der Waals surface area contributed by atoms with E-state index < -0.39 is 0 Å². The summed E-state index contributed by atoms with van der Waals surface area (Å²) in [6.45, 7) is 9.09. The third-order valence-electron chi connectivity index (χ3n) is 2.87. The lowest BCUT2D eigenvalue weighted by Gasteiger charge is -2.18. The van der Waals surface area contributed by atoms with Gasteiger partial charge in [0.05, 0.1) is 0 Å². The molecule has 0 aromatic heterocycles. The van der Waals surface area contributed by atoms with E-state index in [1.807, 2.05) is 0 Å². The van der Waals surface area contributed by atoms with Gasteiger partial charge in [0.25, 0.3) is 0 Å². The van der Waals surface area contributed by atoms with Crippen LogP contribution in [0.15, 0.2) is 18.2 Å². The lowest BCUT2D eigenvalue weighted by molar-refractivity contribution is 0.302. The van der Waals surface area contributed by atoms with Gasteiger partial charge in [0.1, 0.15) is 0 Å². The SMILES string of the molecule is CCN(CC)CCNCc1ccc(O)c(O)c1. The molecule has 0 saturated carbocycles. The van der Waals surface area contributed by atoms with Crippen LogP contribution in [0.1, 0.15) is 19.4 Å². The molecule has 0 heterocycles. The Bertz CT molecular complexity index is 338. The molecule has 0 fully saturated rings. The Labute approximate surface area is 103 Å². The fraction of sp³-hybridized carbons (Fsp3) is 0.538. The van der Waals surface area contributed by atoms with Gasteiger partial charge in [-0.05, 0) is 30.8 Å². The quantitative estimate of drug-likeness (QED) is 0.498. The summed E-state index contributed by atoms with van der Waals surface area (Å²) in [7, 11) is 0. The molecule has 17 heavy (non-hydrogen) atoms. The van der Waals surface area contributed by atoms with Crippen LogP contribution < -0.4 is 5.32 Å². The number of likely N-dealkylation sites (N-methyl/N-ethyl adjacent to an activating group) is 1. The number of phenols is 2. The highest BCUT2D eigenvalue weighted by Crippen LogP contribution is 2.24. The monoisotopic (exact) mass is 238 g/mol. The minimum Gasteiger partial charge on any atom is -0.504 e. The van der Waals surface area contributed by atoms with Crippen molar-refractivity contribution in [1.29, 1.82) is 0 Å². The molecule has 0 unspecified atom stereocenters. The molecule has 0 radical (unpaired) electrons. The lowest BCUT2D eigenvalue weighted by Crippen LogP contribution is -2.31. The molecule has 3 N–H and O–H groups in total. The Morgan fingerprint density at radius 1 is 1.12 bits per heavy atom. The van der Waals surface area contributed by atoms with E-state index in [2.05, 4.69) is 24.1 Å². The molecule has 1 rings (SSSR count). The second-order valence-electron chi connectivity index (χ2n) is 4.03. The summed E-state index contributed by atoms with van der Waals surface area (Å²) in [4.78, 5) is 2.35. The number of benzene rings is 1. The molecule has 4 heteroatoms. The van der Waals surface area contributed by atoms with Gasteiger partial charge in [-0.25, -0.2) is 0 Å². The predicted octanol–water partition coefficient (Wildman–Crippen LogP) is 1.53. The van der Waals surface area contributed by atoms with Crippen molar-refractivity contribution in [2.45, 2.75) is 20.4 Å². The number of hydrogen-bond acceptors (Lipinski definition) is 4. The highest BCUT2D eigenvalue weighted by Gasteiger charge is 2.01. The summed E-state index contributed by atoms with van der Waals surface area (Å²) in [5.74, 6) is -0.134. The van der Waals surface area contributed by atoms with Gasteiger partial charge in [-0.2, -0.15) is 0 Å². The summed E-state index contributed by atoms with van der Waals surface area (Å²) in [6.07, 6.45) is 0. The maximum absolute atomic E-state index is 9.33. The normalized spacial score (nSPS) is 11.0. The third-order valence-corrected chi connectivity index (χ3v) is 2.87. The van der Waals surface area contributed by atoms with E-state index in [1.54, 1.807) is 12.1 Å². The van der Waals surface area contributed by atoms with Crippen molar-refractivity contribution in [1.82, 2.24) is 10.2 Å². The van der Waals surface area contributed by atoms with Crippen LogP contribution >= 0.6 is 0 Å². The zero-order valence-corrected chi connectivity index (χ0v) is 10.6. The minimum atomic E-state index is -0.0723. The van der Waals surface area contributed by atoms with Crippen LogP contribution in [-0.4, -0.2) is 41.3 Å². The fourth-order valence-electron chi connectivity index (χ4n) is 1.69. The molecule has 0 spiro atoms. The first-order valence-corrected chi connectivity index (χ1v) is 6.11. The summed E-state index contributed by atoms with van der Waals surface area (Å²) in [5.41, 5.74) is 0.972. The molecule has 1 aromatic carbocycles. The number of nitrogens with one attached hydrogen (secondary N) is 1. The van der Waals surface area contributed by atoms with Crippen molar-refractivity contribution in [2.24, 2.45) is 0 Å². The summed E-state index contributed by atoms with van der Waals surface area (Å²) < 4.78 is 0. The van der Waals surface area contributed by atoms with Crippen LogP contribution in [0.3, 0.4) is 0 Å². The van der Waals surface area contributed by atoms with E-state index in [1.165, 1.54) is 6.07 Å². The first-order valence-electron chi connectivity index (χ1n) is 6.11. The third kappa shape index (κ3) is 4.63. The Kier molecular flexibility index (Phi) is 5.80. The van der Waals surface area contributed by atoms with Crippen molar-refractivity contribution >= 4 is 0 Å². The smallest absolute Gasteiger partial charge is 0.157 e. The Hall–Kier alpha value is -1.26. The standard InChI is InChI=1S/C13H22N2O2/c1-3-15(4-2)8-7-14-10-11-5-6-12(16)13(17)9-11/h5-6,9,14,16-17H,3-4,7-8,10H2,1-2H3. The number of nitrogens with zero attached hydrogens (tertiary/aromatic N) is 1. The van der Waals surface area contributed by atoms with Gasteiger partial charge in [0.15, 0.2) is 11.5 Å². The van der Waals surface area contributed by atoms with E-state index in [0.717, 1.165) is 31.7 Å². The molecule has 0 aliphatic rings. The topological polar surface area (TPSA) is 55.7 Å². The van der Waals surface area contributed by atoms with E-state index in [-0.39, 0.29) is 11.5 Å². The zero-order chi connectivity index (χ0) is 12.7. The Morgan fingerprint density at radius 3 is 2.41 bits per heavy atom. The van der Waals surface area contributed by atoms with Crippen LogP contribution in [0.25, 0.3) is 0 Å². The van der Waals surface area contributed by atoms with E-state index in [9.17, 15) is 10.2 Å². The van der Waals surface area contributed by atoms with Crippen LogP contribution in [-0.2, 0) is 6.54 Å². The number of rotatable bonds is 7. The van der Waals surface area contributed by atoms with Gasteiger partial charge in [-0.1, -0.05) is 19.9 Å². The highest BCUT2D eigenvalue weighted by atomic mass is 16.3. The molecule has 96 valence electrons. The molecule has 0 aliphatic carbocycles. The first-order chi connectivity index (χ1) is 8.17. The van der Waals surface area contributed by atoms with Gasteiger partial charge >= 0.3 is 0 Å². The van der Waals surface area contributed by atoms with E-state index in [4.69, 9.17) is 0 Å². The maximum atomic E-state index is 9.33. The van der Waals surface area contributed by atoms with Crippen molar-refractivity contribution in [3.63, 3.8) is 0 Å². The number of hydrogen-bond donors (Lipinski definition) is 3. The Balaban J connectivity index is 2.28. The van der Waals surface area contributed by atoms with Gasteiger partial charge < -0.3 is 20.4 Å².